The van der Waals surface area contributed by atoms with Crippen molar-refractivity contribution in [2.45, 2.75) is 17.1 Å². The summed E-state index contributed by atoms with van der Waals surface area (Å²) >= 11 is 0. The van der Waals surface area contributed by atoms with E-state index >= 15 is 0 Å². The summed E-state index contributed by atoms with van der Waals surface area (Å²) in [5, 5.41) is 2.80. The number of hydrogen-bond donors (Lipinski definition) is 1. The van der Waals surface area contributed by atoms with Crippen molar-refractivity contribution in [3.8, 4) is 0 Å². The Morgan fingerprint density at radius 3 is 2.48 bits per heavy atom. The van der Waals surface area contributed by atoms with Crippen LogP contribution in [-0.4, -0.2) is 33.7 Å². The molecule has 0 saturated heterocycles. The summed E-state index contributed by atoms with van der Waals surface area (Å²) in [6.07, 6.45) is 0.813. The van der Waals surface area contributed by atoms with Crippen LogP contribution in [0.15, 0.2) is 47.4 Å². The van der Waals surface area contributed by atoms with Gasteiger partial charge in [0.15, 0.2) is 0 Å². The molecule has 2 aromatic rings. The van der Waals surface area contributed by atoms with E-state index in [0.717, 1.165) is 36.3 Å². The number of anilines is 2. The first-order valence-corrected chi connectivity index (χ1v) is 9.12. The van der Waals surface area contributed by atoms with Gasteiger partial charge in [-0.25, -0.2) is 8.42 Å². The number of benzene rings is 2. The highest BCUT2D eigenvalue weighted by Crippen LogP contribution is 2.32. The molecule has 1 aliphatic heterocycles. The van der Waals surface area contributed by atoms with Gasteiger partial charge in [-0.1, -0.05) is 6.07 Å². The number of alkyl halides is 2. The molecule has 8 heteroatoms. The minimum atomic E-state index is -4.66. The van der Waals surface area contributed by atoms with Gasteiger partial charge in [0.05, 0.1) is 4.90 Å². The lowest BCUT2D eigenvalue weighted by Crippen LogP contribution is -2.15. The van der Waals surface area contributed by atoms with Crippen molar-refractivity contribution < 1.29 is 22.0 Å². The van der Waals surface area contributed by atoms with Crippen molar-refractivity contribution in [1.29, 1.82) is 0 Å². The van der Waals surface area contributed by atoms with Crippen LogP contribution in [0.3, 0.4) is 0 Å². The molecule has 1 heterocycles. The SMILES string of the molecule is CN1CCc2c(NC(=O)c3ccc(S(=O)(=O)C(F)F)cc3)cccc21. The standard InChI is InChI=1S/C17H16F2N2O3S/c1-21-10-9-13-14(3-2-4-15(13)21)20-16(22)11-5-7-12(8-6-11)25(23,24)17(18)19/h2-8,17H,9-10H2,1H3,(H,20,22). The van der Waals surface area contributed by atoms with Crippen LogP contribution in [0.1, 0.15) is 15.9 Å². The van der Waals surface area contributed by atoms with Gasteiger partial charge >= 0.3 is 5.76 Å². The number of nitrogens with one attached hydrogen (secondary N) is 1. The Balaban J connectivity index is 1.82. The van der Waals surface area contributed by atoms with Crippen LogP contribution in [0.2, 0.25) is 0 Å². The van der Waals surface area contributed by atoms with Crippen LogP contribution < -0.4 is 10.2 Å². The third-order valence-corrected chi connectivity index (χ3v) is 5.59. The highest BCUT2D eigenvalue weighted by atomic mass is 32.2. The van der Waals surface area contributed by atoms with Gasteiger partial charge in [0, 0.05) is 36.1 Å². The third kappa shape index (κ3) is 3.21. The molecule has 0 saturated carbocycles. The molecule has 1 amide bonds. The van der Waals surface area contributed by atoms with Crippen LogP contribution in [-0.2, 0) is 16.3 Å². The van der Waals surface area contributed by atoms with Crippen molar-refractivity contribution in [1.82, 2.24) is 0 Å². The first kappa shape index (κ1) is 17.3. The maximum atomic E-state index is 12.5. The van der Waals surface area contributed by atoms with Crippen molar-refractivity contribution in [2.75, 3.05) is 23.8 Å². The summed E-state index contributed by atoms with van der Waals surface area (Å²) < 4.78 is 47.9. The van der Waals surface area contributed by atoms with Crippen molar-refractivity contribution in [2.24, 2.45) is 0 Å². The van der Waals surface area contributed by atoms with E-state index in [1.165, 1.54) is 12.1 Å². The second-order valence-corrected chi connectivity index (χ2v) is 7.68. The predicted molar refractivity (Wildman–Crippen MR) is 91.0 cm³/mol. The molecular weight excluding hydrogens is 350 g/mol. The Labute approximate surface area is 144 Å². The largest absolute Gasteiger partial charge is 0.374 e. The topological polar surface area (TPSA) is 66.5 Å². The molecule has 0 aliphatic carbocycles. The highest BCUT2D eigenvalue weighted by Gasteiger charge is 2.26. The zero-order valence-corrected chi connectivity index (χ0v) is 14.2. The van der Waals surface area contributed by atoms with Gasteiger partial charge in [0.2, 0.25) is 9.84 Å². The number of rotatable bonds is 4. The Kier molecular flexibility index (Phi) is 4.47. The first-order valence-electron chi connectivity index (χ1n) is 7.57. The zero-order valence-electron chi connectivity index (χ0n) is 13.4. The summed E-state index contributed by atoms with van der Waals surface area (Å²) in [5.41, 5.74) is 2.97. The molecule has 1 N–H and O–H groups in total. The smallest absolute Gasteiger partial charge is 0.341 e. The molecule has 2 aromatic carbocycles. The lowest BCUT2D eigenvalue weighted by Gasteiger charge is -2.14. The van der Waals surface area contributed by atoms with Crippen LogP contribution in [0.25, 0.3) is 0 Å². The van der Waals surface area contributed by atoms with Gasteiger partial charge in [-0.05, 0) is 42.8 Å². The van der Waals surface area contributed by atoms with E-state index < -0.39 is 26.4 Å². The van der Waals surface area contributed by atoms with Crippen LogP contribution in [0.5, 0.6) is 0 Å². The van der Waals surface area contributed by atoms with Gasteiger partial charge in [-0.2, -0.15) is 8.78 Å². The van der Waals surface area contributed by atoms with Crippen LogP contribution in [0.4, 0.5) is 20.2 Å². The molecule has 0 radical (unpaired) electrons. The molecule has 132 valence electrons. The minimum absolute atomic E-state index is 0.192. The van der Waals surface area contributed by atoms with Crippen molar-refractivity contribution >= 4 is 27.1 Å². The quantitative estimate of drug-likeness (QED) is 0.904. The summed E-state index contributed by atoms with van der Waals surface area (Å²) in [7, 11) is -2.69. The number of sulfone groups is 1. The van der Waals surface area contributed by atoms with Crippen molar-refractivity contribution in [3.63, 3.8) is 0 Å². The maximum Gasteiger partial charge on any atom is 0.341 e. The number of carbonyl (C=O) groups excluding carboxylic acids is 1. The summed E-state index contributed by atoms with van der Waals surface area (Å²) in [6, 6.07) is 10.1. The lowest BCUT2D eigenvalue weighted by atomic mass is 10.1. The molecule has 1 aliphatic rings. The fraction of sp³-hybridized carbons (Fsp3) is 0.235. The molecule has 3 rings (SSSR count). The second-order valence-electron chi connectivity index (χ2n) is 5.76. The number of hydrogen-bond acceptors (Lipinski definition) is 4. The number of halogens is 2. The van der Waals surface area contributed by atoms with Crippen molar-refractivity contribution in [3.05, 3.63) is 53.6 Å². The van der Waals surface area contributed by atoms with Crippen LogP contribution >= 0.6 is 0 Å². The summed E-state index contributed by atoms with van der Waals surface area (Å²) in [6.45, 7) is 0.863. The fourth-order valence-electron chi connectivity index (χ4n) is 2.81. The molecule has 0 bridgehead atoms. The van der Waals surface area contributed by atoms with Crippen LogP contribution in [0, 0.1) is 0 Å². The van der Waals surface area contributed by atoms with E-state index in [4.69, 9.17) is 0 Å². The van der Waals surface area contributed by atoms with Gasteiger partial charge < -0.3 is 10.2 Å². The molecule has 0 spiro atoms. The zero-order chi connectivity index (χ0) is 18.2. The van der Waals surface area contributed by atoms with E-state index in [0.29, 0.717) is 5.69 Å². The average Bonchev–Trinajstić information content (AvgIpc) is 2.97. The number of nitrogens with zero attached hydrogens (tertiary/aromatic N) is 1. The fourth-order valence-corrected chi connectivity index (χ4v) is 3.53. The number of likely N-dealkylation sites (N-methyl/N-ethyl adjacent to an activating group) is 1. The predicted octanol–water partition coefficient (Wildman–Crippen LogP) is 2.93. The minimum Gasteiger partial charge on any atom is -0.374 e. The maximum absolute atomic E-state index is 12.5. The highest BCUT2D eigenvalue weighted by molar-refractivity contribution is 7.91. The molecular formula is C17H16F2N2O3S. The second kappa shape index (κ2) is 6.44. The molecule has 5 nitrogen and oxygen atoms in total. The summed E-state index contributed by atoms with van der Waals surface area (Å²) in [5.74, 6) is -3.92. The van der Waals surface area contributed by atoms with Gasteiger partial charge in [-0.15, -0.1) is 0 Å². The van der Waals surface area contributed by atoms with E-state index in [2.05, 4.69) is 10.2 Å². The number of fused-ring (bicyclic) bond motifs is 1. The van der Waals surface area contributed by atoms with Gasteiger partial charge in [-0.3, -0.25) is 4.79 Å². The molecule has 0 fully saturated rings. The van der Waals surface area contributed by atoms with Gasteiger partial charge in [0.25, 0.3) is 5.91 Å². The Morgan fingerprint density at radius 2 is 1.84 bits per heavy atom. The molecule has 0 aromatic heterocycles. The summed E-state index contributed by atoms with van der Waals surface area (Å²) in [4.78, 5) is 13.9. The third-order valence-electron chi connectivity index (χ3n) is 4.19. The first-order chi connectivity index (χ1) is 11.8. The Hall–Kier alpha value is -2.48. The Bertz CT molecular complexity index is 912. The number of carbonyl (C=O) groups is 1. The normalized spacial score (nSPS) is 13.8. The van der Waals surface area contributed by atoms with Gasteiger partial charge in [0.1, 0.15) is 0 Å². The van der Waals surface area contributed by atoms with E-state index in [9.17, 15) is 22.0 Å². The lowest BCUT2D eigenvalue weighted by molar-refractivity contribution is 0.102. The monoisotopic (exact) mass is 366 g/mol. The van der Waals surface area contributed by atoms with E-state index in [1.54, 1.807) is 6.07 Å². The molecule has 25 heavy (non-hydrogen) atoms. The molecule has 0 atom stereocenters. The number of amides is 1. The van der Waals surface area contributed by atoms with E-state index in [-0.39, 0.29) is 5.56 Å². The molecule has 0 unspecified atom stereocenters. The van der Waals surface area contributed by atoms with E-state index in [1.807, 2.05) is 19.2 Å². The average molecular weight is 366 g/mol. The Morgan fingerprint density at radius 1 is 1.16 bits per heavy atom.